The Morgan fingerprint density at radius 3 is 2.52 bits per heavy atom. The van der Waals surface area contributed by atoms with E-state index in [1.807, 2.05) is 30.3 Å². The normalized spacial score (nSPS) is 21.5. The summed E-state index contributed by atoms with van der Waals surface area (Å²) in [4.78, 5) is 25.0. The summed E-state index contributed by atoms with van der Waals surface area (Å²) >= 11 is 0. The number of hydrogen-bond acceptors (Lipinski definition) is 2. The van der Waals surface area contributed by atoms with Gasteiger partial charge in [0.25, 0.3) is 0 Å². The van der Waals surface area contributed by atoms with Crippen LogP contribution in [-0.4, -0.2) is 23.9 Å². The van der Waals surface area contributed by atoms with Gasteiger partial charge in [0.2, 0.25) is 11.8 Å². The number of benzene rings is 1. The zero-order valence-corrected chi connectivity index (χ0v) is 13.3. The first kappa shape index (κ1) is 15.8. The Hall–Kier alpha value is -2.10. The van der Waals surface area contributed by atoms with Crippen molar-refractivity contribution < 1.29 is 9.59 Å². The van der Waals surface area contributed by atoms with Gasteiger partial charge in [-0.25, -0.2) is 0 Å². The highest BCUT2D eigenvalue weighted by molar-refractivity contribution is 5.89. The third kappa shape index (κ3) is 4.68. The molecule has 0 heterocycles. The highest BCUT2D eigenvalue weighted by Gasteiger charge is 2.30. The lowest BCUT2D eigenvalue weighted by atomic mass is 9.93. The number of amides is 2. The zero-order valence-electron chi connectivity index (χ0n) is 13.3. The molecule has 2 N–H and O–H groups in total. The molecule has 1 saturated carbocycles. The lowest BCUT2D eigenvalue weighted by Gasteiger charge is -2.23. The molecule has 2 aliphatic rings. The smallest absolute Gasteiger partial charge is 0.243 e. The molecule has 0 unspecified atom stereocenters. The highest BCUT2D eigenvalue weighted by Crippen LogP contribution is 2.20. The lowest BCUT2D eigenvalue weighted by Crippen LogP contribution is -2.50. The molecule has 23 heavy (non-hydrogen) atoms. The van der Waals surface area contributed by atoms with Gasteiger partial charge >= 0.3 is 0 Å². The third-order valence-corrected chi connectivity index (χ3v) is 4.48. The Balaban J connectivity index is 1.64. The van der Waals surface area contributed by atoms with Crippen molar-refractivity contribution in [1.29, 1.82) is 0 Å². The molecule has 122 valence electrons. The SMILES string of the molecule is O=C(N[C@H](Cc1ccccc1)C(=O)NC1CC1)[C@H]1CC=CCC1. The molecule has 2 amide bonds. The molecule has 2 atom stereocenters. The topological polar surface area (TPSA) is 58.2 Å². The number of rotatable bonds is 6. The summed E-state index contributed by atoms with van der Waals surface area (Å²) in [5.74, 6) is -0.0655. The maximum Gasteiger partial charge on any atom is 0.243 e. The van der Waals surface area contributed by atoms with Crippen LogP contribution in [0.4, 0.5) is 0 Å². The Morgan fingerprint density at radius 2 is 1.87 bits per heavy atom. The van der Waals surface area contributed by atoms with Gasteiger partial charge in [0.05, 0.1) is 0 Å². The molecule has 3 rings (SSSR count). The van der Waals surface area contributed by atoms with E-state index >= 15 is 0 Å². The molecule has 1 fully saturated rings. The second-order valence-corrected chi connectivity index (χ2v) is 6.52. The Morgan fingerprint density at radius 1 is 1.09 bits per heavy atom. The van der Waals surface area contributed by atoms with Crippen LogP contribution in [0.15, 0.2) is 42.5 Å². The van der Waals surface area contributed by atoms with Gasteiger partial charge in [-0.1, -0.05) is 42.5 Å². The molecule has 2 aliphatic carbocycles. The minimum atomic E-state index is -0.489. The summed E-state index contributed by atoms with van der Waals surface area (Å²) in [6, 6.07) is 9.67. The van der Waals surface area contributed by atoms with Crippen molar-refractivity contribution in [2.75, 3.05) is 0 Å². The lowest BCUT2D eigenvalue weighted by molar-refractivity contribution is -0.131. The van der Waals surface area contributed by atoms with E-state index in [0.717, 1.165) is 37.7 Å². The van der Waals surface area contributed by atoms with Gasteiger partial charge in [-0.15, -0.1) is 0 Å². The quantitative estimate of drug-likeness (QED) is 0.792. The van der Waals surface area contributed by atoms with Gasteiger partial charge in [-0.3, -0.25) is 9.59 Å². The van der Waals surface area contributed by atoms with Crippen molar-refractivity contribution in [3.63, 3.8) is 0 Å². The second-order valence-electron chi connectivity index (χ2n) is 6.52. The Labute approximate surface area is 137 Å². The van der Waals surface area contributed by atoms with Crippen molar-refractivity contribution in [3.8, 4) is 0 Å². The second kappa shape index (κ2) is 7.44. The number of nitrogens with one attached hydrogen (secondary N) is 2. The van der Waals surface area contributed by atoms with E-state index in [-0.39, 0.29) is 17.7 Å². The summed E-state index contributed by atoms with van der Waals surface area (Å²) in [6.07, 6.45) is 9.38. The van der Waals surface area contributed by atoms with Crippen molar-refractivity contribution in [3.05, 3.63) is 48.0 Å². The molecule has 0 aliphatic heterocycles. The first-order valence-corrected chi connectivity index (χ1v) is 8.52. The largest absolute Gasteiger partial charge is 0.352 e. The van der Waals surface area contributed by atoms with Gasteiger partial charge in [0, 0.05) is 18.4 Å². The van der Waals surface area contributed by atoms with Gasteiger partial charge in [-0.05, 0) is 37.7 Å². The molecule has 0 radical (unpaired) electrons. The minimum absolute atomic E-state index is 0.00114. The average Bonchev–Trinajstić information content (AvgIpc) is 3.40. The summed E-state index contributed by atoms with van der Waals surface area (Å²) in [5, 5.41) is 6.00. The van der Waals surface area contributed by atoms with Crippen molar-refractivity contribution in [2.24, 2.45) is 5.92 Å². The summed E-state index contributed by atoms with van der Waals surface area (Å²) in [6.45, 7) is 0. The van der Waals surface area contributed by atoms with Crippen LogP contribution in [0.3, 0.4) is 0 Å². The Kier molecular flexibility index (Phi) is 5.11. The fourth-order valence-corrected chi connectivity index (χ4v) is 2.91. The predicted molar refractivity (Wildman–Crippen MR) is 89.7 cm³/mol. The van der Waals surface area contributed by atoms with Crippen LogP contribution in [0.25, 0.3) is 0 Å². The molecule has 4 nitrogen and oxygen atoms in total. The van der Waals surface area contributed by atoms with E-state index in [2.05, 4.69) is 22.8 Å². The monoisotopic (exact) mass is 312 g/mol. The fourth-order valence-electron chi connectivity index (χ4n) is 2.91. The van der Waals surface area contributed by atoms with Crippen LogP contribution in [0.5, 0.6) is 0 Å². The van der Waals surface area contributed by atoms with Crippen LogP contribution in [0, 0.1) is 5.92 Å². The number of hydrogen-bond donors (Lipinski definition) is 2. The molecule has 0 aromatic heterocycles. The van der Waals surface area contributed by atoms with E-state index in [1.165, 1.54) is 0 Å². The molecule has 1 aromatic rings. The van der Waals surface area contributed by atoms with Gasteiger partial charge in [0.15, 0.2) is 0 Å². The van der Waals surface area contributed by atoms with Crippen molar-refractivity contribution in [1.82, 2.24) is 10.6 Å². The van der Waals surface area contributed by atoms with E-state index in [9.17, 15) is 9.59 Å². The minimum Gasteiger partial charge on any atom is -0.352 e. The summed E-state index contributed by atoms with van der Waals surface area (Å²) < 4.78 is 0. The van der Waals surface area contributed by atoms with Crippen LogP contribution in [0.1, 0.15) is 37.7 Å². The molecular weight excluding hydrogens is 288 g/mol. The van der Waals surface area contributed by atoms with Crippen molar-refractivity contribution >= 4 is 11.8 Å². The standard InChI is InChI=1S/C19H24N2O2/c22-18(15-9-5-2-6-10-15)21-17(19(23)20-16-11-12-16)13-14-7-3-1-4-8-14/h1-5,7-8,15-17H,6,9-13H2,(H,20,23)(H,21,22)/t15-,17+/m0/s1. The first-order valence-electron chi connectivity index (χ1n) is 8.52. The third-order valence-electron chi connectivity index (χ3n) is 4.48. The zero-order chi connectivity index (χ0) is 16.1. The molecule has 0 spiro atoms. The molecule has 1 aromatic carbocycles. The van der Waals surface area contributed by atoms with Crippen LogP contribution in [0.2, 0.25) is 0 Å². The Bertz CT molecular complexity index is 578. The van der Waals surface area contributed by atoms with Gasteiger partial charge in [0.1, 0.15) is 6.04 Å². The van der Waals surface area contributed by atoms with E-state index in [4.69, 9.17) is 0 Å². The van der Waals surface area contributed by atoms with E-state index in [1.54, 1.807) is 0 Å². The fraction of sp³-hybridized carbons (Fsp3) is 0.474. The maximum atomic E-state index is 12.5. The molecule has 4 heteroatoms. The average molecular weight is 312 g/mol. The maximum absolute atomic E-state index is 12.5. The predicted octanol–water partition coefficient (Wildman–Crippen LogP) is 2.35. The number of allylic oxidation sites excluding steroid dienone is 2. The van der Waals surface area contributed by atoms with Gasteiger partial charge in [-0.2, -0.15) is 0 Å². The molecular formula is C19H24N2O2. The van der Waals surface area contributed by atoms with Crippen LogP contribution < -0.4 is 10.6 Å². The van der Waals surface area contributed by atoms with Gasteiger partial charge < -0.3 is 10.6 Å². The highest BCUT2D eigenvalue weighted by atomic mass is 16.2. The van der Waals surface area contributed by atoms with E-state index in [0.29, 0.717) is 12.5 Å². The molecule has 0 saturated heterocycles. The molecule has 0 bridgehead atoms. The number of carbonyl (C=O) groups is 2. The summed E-state index contributed by atoms with van der Waals surface area (Å²) in [7, 11) is 0. The summed E-state index contributed by atoms with van der Waals surface area (Å²) in [5.41, 5.74) is 1.06. The van der Waals surface area contributed by atoms with Crippen LogP contribution in [-0.2, 0) is 16.0 Å². The van der Waals surface area contributed by atoms with Crippen molar-refractivity contribution in [2.45, 2.75) is 50.6 Å². The van der Waals surface area contributed by atoms with Crippen LogP contribution >= 0.6 is 0 Å². The van der Waals surface area contributed by atoms with E-state index < -0.39 is 6.04 Å². The first-order chi connectivity index (χ1) is 11.2. The number of carbonyl (C=O) groups excluding carboxylic acids is 2.